The zero-order valence-electron chi connectivity index (χ0n) is 4.53. The highest BCUT2D eigenvalue weighted by molar-refractivity contribution is 5.49. The molecule has 0 aromatic rings. The Labute approximate surface area is 50.2 Å². The first-order valence-electron chi connectivity index (χ1n) is 2.31. The fourth-order valence-corrected chi connectivity index (χ4v) is 0.280. The lowest BCUT2D eigenvalue weighted by molar-refractivity contribution is -0.107. The number of carbonyl (C=O) groups is 1. The summed E-state index contributed by atoms with van der Waals surface area (Å²) in [4.78, 5) is 9.50. The molecule has 0 bridgehead atoms. The Morgan fingerprint density at radius 1 is 1.33 bits per heavy atom. The second-order valence-corrected chi connectivity index (χ2v) is 1.37. The monoisotopic (exact) mass is 138 g/mol. The van der Waals surface area contributed by atoms with Crippen molar-refractivity contribution in [1.29, 1.82) is 0 Å². The summed E-state index contributed by atoms with van der Waals surface area (Å²) >= 11 is 0. The van der Waals surface area contributed by atoms with E-state index in [0.29, 0.717) is 6.29 Å². The largest absolute Gasteiger partial charge is 0.303 e. The predicted octanol–water partition coefficient (Wildman–Crippen LogP) is 2.04. The van der Waals surface area contributed by atoms with E-state index in [1.54, 1.807) is 0 Å². The van der Waals surface area contributed by atoms with Crippen LogP contribution in [0, 0.1) is 0 Å². The Balaban J connectivity index is 3.62. The Morgan fingerprint density at radius 2 is 1.89 bits per heavy atom. The van der Waals surface area contributed by atoms with Crippen LogP contribution < -0.4 is 0 Å². The summed E-state index contributed by atoms with van der Waals surface area (Å²) in [6.45, 7) is 0. The summed E-state index contributed by atoms with van der Waals surface area (Å²) in [7, 11) is 0. The topological polar surface area (TPSA) is 17.1 Å². The van der Waals surface area contributed by atoms with Crippen molar-refractivity contribution in [3.63, 3.8) is 0 Å². The molecule has 0 aliphatic carbocycles. The summed E-state index contributed by atoms with van der Waals surface area (Å²) in [6, 6.07) is 0. The van der Waals surface area contributed by atoms with Gasteiger partial charge in [-0.1, -0.05) is 0 Å². The molecule has 0 amide bonds. The maximum absolute atomic E-state index is 11.7. The average molecular weight is 138 g/mol. The van der Waals surface area contributed by atoms with Crippen LogP contribution in [0.5, 0.6) is 0 Å². The van der Waals surface area contributed by atoms with E-state index >= 15 is 0 Å². The van der Waals surface area contributed by atoms with Crippen LogP contribution in [0.4, 0.5) is 13.2 Å². The summed E-state index contributed by atoms with van der Waals surface area (Å²) in [5, 5.41) is 0. The maximum Gasteiger partial charge on any atom is 0.301 e. The van der Waals surface area contributed by atoms with Gasteiger partial charge in [-0.15, -0.1) is 0 Å². The number of aldehydes is 1. The first-order chi connectivity index (χ1) is 4.18. The molecule has 1 nitrogen and oxygen atoms in total. The highest BCUT2D eigenvalue weighted by atomic mass is 19.3. The van der Waals surface area contributed by atoms with E-state index in [-0.39, 0.29) is 6.42 Å². The third-order valence-electron chi connectivity index (χ3n) is 0.687. The van der Waals surface area contributed by atoms with Crippen LogP contribution in [0.1, 0.15) is 12.8 Å². The number of rotatable bonds is 3. The molecule has 0 aliphatic heterocycles. The molecule has 0 N–H and O–H groups in total. The fraction of sp³-hybridized carbons (Fsp3) is 0.400. The second kappa shape index (κ2) is 4.12. The van der Waals surface area contributed by atoms with Crippen molar-refractivity contribution in [2.24, 2.45) is 0 Å². The van der Waals surface area contributed by atoms with Crippen LogP contribution in [0.3, 0.4) is 0 Å². The van der Waals surface area contributed by atoms with Gasteiger partial charge >= 0.3 is 6.08 Å². The van der Waals surface area contributed by atoms with Gasteiger partial charge in [-0.2, -0.15) is 8.78 Å². The molecule has 4 heteroatoms. The SMILES string of the molecule is O=CCCC(F)=C(F)F. The lowest BCUT2D eigenvalue weighted by Gasteiger charge is -1.86. The summed E-state index contributed by atoms with van der Waals surface area (Å²) in [6.07, 6.45) is -2.63. The van der Waals surface area contributed by atoms with Gasteiger partial charge < -0.3 is 4.79 Å². The van der Waals surface area contributed by atoms with Gasteiger partial charge in [0, 0.05) is 12.8 Å². The van der Waals surface area contributed by atoms with Crippen LogP contribution in [0.2, 0.25) is 0 Å². The molecule has 0 rings (SSSR count). The molecule has 0 spiro atoms. The van der Waals surface area contributed by atoms with E-state index in [1.165, 1.54) is 0 Å². The normalized spacial score (nSPS) is 8.78. The quantitative estimate of drug-likeness (QED) is 0.545. The van der Waals surface area contributed by atoms with Gasteiger partial charge in [-0.25, -0.2) is 4.39 Å². The average Bonchev–Trinajstić information content (AvgIpc) is 1.82. The highest BCUT2D eigenvalue weighted by Crippen LogP contribution is 2.13. The van der Waals surface area contributed by atoms with Gasteiger partial charge in [0.05, 0.1) is 0 Å². The Bertz CT molecular complexity index is 126. The van der Waals surface area contributed by atoms with Gasteiger partial charge in [0.2, 0.25) is 0 Å². The first kappa shape index (κ1) is 8.20. The lowest BCUT2D eigenvalue weighted by atomic mass is 10.3. The van der Waals surface area contributed by atoms with Crippen molar-refractivity contribution < 1.29 is 18.0 Å². The molecule has 0 atom stereocenters. The number of halogens is 3. The van der Waals surface area contributed by atoms with E-state index in [0.717, 1.165) is 0 Å². The predicted molar refractivity (Wildman–Crippen MR) is 25.6 cm³/mol. The molecule has 0 aromatic carbocycles. The van der Waals surface area contributed by atoms with Gasteiger partial charge in [-0.3, -0.25) is 0 Å². The minimum absolute atomic E-state index is 0.191. The van der Waals surface area contributed by atoms with E-state index < -0.39 is 18.3 Å². The zero-order valence-corrected chi connectivity index (χ0v) is 4.53. The van der Waals surface area contributed by atoms with E-state index in [1.807, 2.05) is 0 Å². The molecular formula is C5H5F3O. The molecule has 0 fully saturated rings. The molecule has 0 heterocycles. The van der Waals surface area contributed by atoms with E-state index in [2.05, 4.69) is 0 Å². The number of allylic oxidation sites excluding steroid dienone is 1. The minimum Gasteiger partial charge on any atom is -0.303 e. The van der Waals surface area contributed by atoms with Crippen molar-refractivity contribution in [2.45, 2.75) is 12.8 Å². The van der Waals surface area contributed by atoms with Crippen molar-refractivity contribution in [1.82, 2.24) is 0 Å². The van der Waals surface area contributed by atoms with Crippen molar-refractivity contribution in [3.05, 3.63) is 11.9 Å². The van der Waals surface area contributed by atoms with Gasteiger partial charge in [0.1, 0.15) is 6.29 Å². The molecular weight excluding hydrogens is 133 g/mol. The second-order valence-electron chi connectivity index (χ2n) is 1.37. The van der Waals surface area contributed by atoms with Crippen LogP contribution in [0.25, 0.3) is 0 Å². The fourth-order valence-electron chi connectivity index (χ4n) is 0.280. The van der Waals surface area contributed by atoms with Crippen LogP contribution in [-0.2, 0) is 4.79 Å². The highest BCUT2D eigenvalue weighted by Gasteiger charge is 2.02. The molecule has 0 saturated heterocycles. The van der Waals surface area contributed by atoms with Gasteiger partial charge in [0.25, 0.3) is 0 Å². The number of hydrogen-bond acceptors (Lipinski definition) is 1. The number of carbonyl (C=O) groups excluding carboxylic acids is 1. The molecule has 9 heavy (non-hydrogen) atoms. The summed E-state index contributed by atoms with van der Waals surface area (Å²) in [5.41, 5.74) is 0. The third kappa shape index (κ3) is 3.76. The Hall–Kier alpha value is -0.800. The minimum atomic E-state index is -2.34. The van der Waals surface area contributed by atoms with Crippen LogP contribution in [0.15, 0.2) is 11.9 Å². The molecule has 0 unspecified atom stereocenters. The smallest absolute Gasteiger partial charge is 0.301 e. The van der Waals surface area contributed by atoms with Crippen LogP contribution in [-0.4, -0.2) is 6.29 Å². The van der Waals surface area contributed by atoms with E-state index in [9.17, 15) is 18.0 Å². The first-order valence-corrected chi connectivity index (χ1v) is 2.31. The molecule has 0 saturated carbocycles. The van der Waals surface area contributed by atoms with Crippen molar-refractivity contribution in [3.8, 4) is 0 Å². The van der Waals surface area contributed by atoms with Crippen molar-refractivity contribution in [2.75, 3.05) is 0 Å². The van der Waals surface area contributed by atoms with E-state index in [4.69, 9.17) is 0 Å². The van der Waals surface area contributed by atoms with Gasteiger partial charge in [-0.05, 0) is 0 Å². The molecule has 0 aliphatic rings. The molecule has 0 aromatic heterocycles. The molecule has 0 radical (unpaired) electrons. The van der Waals surface area contributed by atoms with Crippen LogP contribution >= 0.6 is 0 Å². The number of hydrogen-bond donors (Lipinski definition) is 0. The van der Waals surface area contributed by atoms with Crippen molar-refractivity contribution >= 4 is 6.29 Å². The summed E-state index contributed by atoms with van der Waals surface area (Å²) < 4.78 is 34.0. The zero-order chi connectivity index (χ0) is 7.28. The standard InChI is InChI=1S/C5H5F3O/c6-4(5(7)8)2-1-3-9/h3H,1-2H2. The maximum atomic E-state index is 11.7. The Kier molecular flexibility index (Phi) is 3.75. The lowest BCUT2D eigenvalue weighted by Crippen LogP contribution is -1.78. The molecule has 52 valence electrons. The summed E-state index contributed by atoms with van der Waals surface area (Å²) in [5.74, 6) is -1.50. The van der Waals surface area contributed by atoms with Gasteiger partial charge in [0.15, 0.2) is 5.83 Å². The Morgan fingerprint density at radius 3 is 2.22 bits per heavy atom. The third-order valence-corrected chi connectivity index (χ3v) is 0.687.